The van der Waals surface area contributed by atoms with Gasteiger partial charge in [-0.25, -0.2) is 4.39 Å². The second-order valence-electron chi connectivity index (χ2n) is 3.37. The highest BCUT2D eigenvalue weighted by atomic mass is 35.5. The Balaban J connectivity index is 3.29. The SMILES string of the molecule is OC(CCl)C(O)c1cccc(F)c1C(F)(F)F. The van der Waals surface area contributed by atoms with Gasteiger partial charge in [-0.1, -0.05) is 12.1 Å². The molecule has 1 aromatic rings. The van der Waals surface area contributed by atoms with Gasteiger partial charge in [-0.3, -0.25) is 0 Å². The highest BCUT2D eigenvalue weighted by Gasteiger charge is 2.39. The summed E-state index contributed by atoms with van der Waals surface area (Å²) >= 11 is 5.22. The smallest absolute Gasteiger partial charge is 0.389 e. The van der Waals surface area contributed by atoms with Gasteiger partial charge in [-0.05, 0) is 11.6 Å². The van der Waals surface area contributed by atoms with E-state index < -0.39 is 41.2 Å². The average molecular weight is 273 g/mol. The fraction of sp³-hybridized carbons (Fsp3) is 0.400. The summed E-state index contributed by atoms with van der Waals surface area (Å²) in [6.45, 7) is 0. The molecular weight excluding hydrogens is 264 g/mol. The summed E-state index contributed by atoms with van der Waals surface area (Å²) in [5.74, 6) is -1.97. The fourth-order valence-corrected chi connectivity index (χ4v) is 1.55. The molecule has 17 heavy (non-hydrogen) atoms. The molecule has 1 rings (SSSR count). The molecule has 2 unspecified atom stereocenters. The Morgan fingerprint density at radius 2 is 1.82 bits per heavy atom. The number of halogens is 5. The number of aliphatic hydroxyl groups is 2. The molecule has 7 heteroatoms. The van der Waals surface area contributed by atoms with E-state index >= 15 is 0 Å². The summed E-state index contributed by atoms with van der Waals surface area (Å²) in [6.07, 6.45) is -8.44. The molecule has 2 N–H and O–H groups in total. The molecule has 0 aliphatic heterocycles. The van der Waals surface area contributed by atoms with E-state index in [0.717, 1.165) is 12.1 Å². The number of benzene rings is 1. The minimum absolute atomic E-state index is 0.463. The van der Waals surface area contributed by atoms with Crippen LogP contribution in [0.4, 0.5) is 17.6 Å². The van der Waals surface area contributed by atoms with Gasteiger partial charge in [0.1, 0.15) is 11.9 Å². The molecule has 2 atom stereocenters. The summed E-state index contributed by atoms with van der Waals surface area (Å²) in [6, 6.07) is 2.54. The molecule has 0 spiro atoms. The zero-order valence-corrected chi connectivity index (χ0v) is 9.13. The zero-order chi connectivity index (χ0) is 13.2. The van der Waals surface area contributed by atoms with Gasteiger partial charge in [0.15, 0.2) is 0 Å². The quantitative estimate of drug-likeness (QED) is 0.655. The van der Waals surface area contributed by atoms with Gasteiger partial charge in [0, 0.05) is 0 Å². The topological polar surface area (TPSA) is 40.5 Å². The van der Waals surface area contributed by atoms with Crippen LogP contribution >= 0.6 is 11.6 Å². The molecule has 0 aliphatic carbocycles. The lowest BCUT2D eigenvalue weighted by Gasteiger charge is -2.20. The van der Waals surface area contributed by atoms with Crippen molar-refractivity contribution in [3.8, 4) is 0 Å². The maximum absolute atomic E-state index is 13.1. The first-order chi connectivity index (χ1) is 7.79. The van der Waals surface area contributed by atoms with Crippen LogP contribution in [-0.2, 0) is 6.18 Å². The molecule has 0 heterocycles. The summed E-state index contributed by atoms with van der Waals surface area (Å²) < 4.78 is 50.8. The van der Waals surface area contributed by atoms with E-state index in [9.17, 15) is 27.8 Å². The third-order valence-corrected chi connectivity index (χ3v) is 2.49. The minimum atomic E-state index is -4.95. The van der Waals surface area contributed by atoms with Crippen molar-refractivity contribution in [2.24, 2.45) is 0 Å². The summed E-state index contributed by atoms with van der Waals surface area (Å²) in [7, 11) is 0. The fourth-order valence-electron chi connectivity index (χ4n) is 1.38. The molecule has 2 nitrogen and oxygen atoms in total. The number of aliphatic hydroxyl groups excluding tert-OH is 2. The number of hydrogen-bond acceptors (Lipinski definition) is 2. The second kappa shape index (κ2) is 5.20. The lowest BCUT2D eigenvalue weighted by Crippen LogP contribution is -2.24. The third kappa shape index (κ3) is 3.08. The monoisotopic (exact) mass is 272 g/mol. The van der Waals surface area contributed by atoms with Crippen LogP contribution in [0.5, 0.6) is 0 Å². The van der Waals surface area contributed by atoms with Crippen molar-refractivity contribution in [2.75, 3.05) is 5.88 Å². The molecule has 0 fully saturated rings. The van der Waals surface area contributed by atoms with Gasteiger partial charge < -0.3 is 10.2 Å². The van der Waals surface area contributed by atoms with Crippen LogP contribution in [0, 0.1) is 5.82 Å². The lowest BCUT2D eigenvalue weighted by atomic mass is 9.98. The van der Waals surface area contributed by atoms with Crippen LogP contribution in [0.2, 0.25) is 0 Å². The Morgan fingerprint density at radius 1 is 1.24 bits per heavy atom. The van der Waals surface area contributed by atoms with Gasteiger partial charge in [0.25, 0.3) is 0 Å². The van der Waals surface area contributed by atoms with Crippen LogP contribution in [0.1, 0.15) is 17.2 Å². The van der Waals surface area contributed by atoms with Crippen LogP contribution in [0.3, 0.4) is 0 Å². The molecule has 0 saturated heterocycles. The van der Waals surface area contributed by atoms with Gasteiger partial charge in [-0.2, -0.15) is 13.2 Å². The Labute approximate surface area is 99.4 Å². The Morgan fingerprint density at radius 3 is 2.29 bits per heavy atom. The molecule has 0 bridgehead atoms. The number of hydrogen-bond donors (Lipinski definition) is 2. The van der Waals surface area contributed by atoms with Crippen LogP contribution < -0.4 is 0 Å². The van der Waals surface area contributed by atoms with Gasteiger partial charge in [0.2, 0.25) is 0 Å². The Kier molecular flexibility index (Phi) is 4.35. The van der Waals surface area contributed by atoms with Crippen molar-refractivity contribution in [1.29, 1.82) is 0 Å². The molecule has 96 valence electrons. The van der Waals surface area contributed by atoms with Crippen LogP contribution in [0.15, 0.2) is 18.2 Å². The molecular formula is C10H9ClF4O2. The van der Waals surface area contributed by atoms with Gasteiger partial charge >= 0.3 is 6.18 Å². The largest absolute Gasteiger partial charge is 0.419 e. The highest BCUT2D eigenvalue weighted by molar-refractivity contribution is 6.18. The normalized spacial score (nSPS) is 15.7. The Hall–Kier alpha value is -0.850. The standard InChI is InChI=1S/C10H9ClF4O2/c11-4-7(16)9(17)5-2-1-3-6(12)8(5)10(13,14)15/h1-3,7,9,16-17H,4H2. The minimum Gasteiger partial charge on any atom is -0.389 e. The summed E-state index contributed by atoms with van der Waals surface area (Å²) in [5.41, 5.74) is -2.32. The predicted octanol–water partition coefficient (Wildman–Crippen LogP) is 2.48. The van der Waals surface area contributed by atoms with E-state index in [1.54, 1.807) is 0 Å². The van der Waals surface area contributed by atoms with Gasteiger partial charge in [-0.15, -0.1) is 11.6 Å². The van der Waals surface area contributed by atoms with Crippen molar-refractivity contribution < 1.29 is 27.8 Å². The van der Waals surface area contributed by atoms with E-state index in [1.165, 1.54) is 0 Å². The maximum atomic E-state index is 13.1. The Bertz CT molecular complexity index is 394. The first kappa shape index (κ1) is 14.2. The van der Waals surface area contributed by atoms with Crippen molar-refractivity contribution in [3.05, 3.63) is 35.1 Å². The first-order valence-corrected chi connectivity index (χ1v) is 5.10. The maximum Gasteiger partial charge on any atom is 0.419 e. The molecule has 0 radical (unpaired) electrons. The molecule has 0 aliphatic rings. The van der Waals surface area contributed by atoms with Gasteiger partial charge in [0.05, 0.1) is 17.5 Å². The highest BCUT2D eigenvalue weighted by Crippen LogP contribution is 2.37. The van der Waals surface area contributed by atoms with Crippen molar-refractivity contribution >= 4 is 11.6 Å². The van der Waals surface area contributed by atoms with Crippen LogP contribution in [-0.4, -0.2) is 22.2 Å². The summed E-state index contributed by atoms with van der Waals surface area (Å²) in [5, 5.41) is 18.6. The predicted molar refractivity (Wildman–Crippen MR) is 53.1 cm³/mol. The van der Waals surface area contributed by atoms with Crippen molar-refractivity contribution in [1.82, 2.24) is 0 Å². The van der Waals surface area contributed by atoms with Crippen molar-refractivity contribution in [2.45, 2.75) is 18.4 Å². The third-order valence-electron chi connectivity index (χ3n) is 2.17. The lowest BCUT2D eigenvalue weighted by molar-refractivity contribution is -0.142. The molecule has 0 amide bonds. The van der Waals surface area contributed by atoms with E-state index in [0.29, 0.717) is 6.07 Å². The van der Waals surface area contributed by atoms with E-state index in [4.69, 9.17) is 11.6 Å². The first-order valence-electron chi connectivity index (χ1n) is 4.56. The van der Waals surface area contributed by atoms with Crippen molar-refractivity contribution in [3.63, 3.8) is 0 Å². The average Bonchev–Trinajstić information content (AvgIpc) is 2.24. The summed E-state index contributed by atoms with van der Waals surface area (Å²) in [4.78, 5) is 0. The number of alkyl halides is 4. The molecule has 0 saturated carbocycles. The zero-order valence-electron chi connectivity index (χ0n) is 8.38. The second-order valence-corrected chi connectivity index (χ2v) is 3.68. The van der Waals surface area contributed by atoms with E-state index in [1.807, 2.05) is 0 Å². The van der Waals surface area contributed by atoms with Crippen LogP contribution in [0.25, 0.3) is 0 Å². The van der Waals surface area contributed by atoms with E-state index in [-0.39, 0.29) is 0 Å². The molecule has 0 aromatic heterocycles. The number of rotatable bonds is 3. The molecule has 1 aromatic carbocycles. The van der Waals surface area contributed by atoms with E-state index in [2.05, 4.69) is 0 Å².